The van der Waals surface area contributed by atoms with Crippen LogP contribution < -0.4 is 14.8 Å². The van der Waals surface area contributed by atoms with Gasteiger partial charge in [0.05, 0.1) is 19.7 Å². The minimum Gasteiger partial charge on any atom is -0.489 e. The van der Waals surface area contributed by atoms with Crippen LogP contribution in [0, 0.1) is 5.41 Å². The number of piperazine rings is 1. The van der Waals surface area contributed by atoms with Gasteiger partial charge in [-0.1, -0.05) is 32.0 Å². The third-order valence-electron chi connectivity index (χ3n) is 6.00. The highest BCUT2D eigenvalue weighted by atomic mass is 16.5. The topological polar surface area (TPSA) is 84.0 Å². The maximum Gasteiger partial charge on any atom is 0.239 e. The van der Waals surface area contributed by atoms with Crippen molar-refractivity contribution in [2.24, 2.45) is 5.41 Å². The lowest BCUT2D eigenvalue weighted by atomic mass is 9.88. The number of aromatic nitrogens is 1. The third kappa shape index (κ3) is 6.22. The van der Waals surface area contributed by atoms with E-state index in [-0.39, 0.29) is 30.3 Å². The normalized spacial score (nSPS) is 19.3. The van der Waals surface area contributed by atoms with Gasteiger partial charge in [-0.2, -0.15) is 0 Å². The number of nitrogens with one attached hydrogen (secondary N) is 1. The maximum absolute atomic E-state index is 13.0. The van der Waals surface area contributed by atoms with Crippen LogP contribution in [-0.4, -0.2) is 65.9 Å². The first-order chi connectivity index (χ1) is 15.9. The second-order valence-corrected chi connectivity index (χ2v) is 9.45. The summed E-state index contributed by atoms with van der Waals surface area (Å²) >= 11 is 0. The van der Waals surface area contributed by atoms with E-state index in [1.165, 1.54) is 0 Å². The molecule has 33 heavy (non-hydrogen) atoms. The van der Waals surface area contributed by atoms with Gasteiger partial charge >= 0.3 is 0 Å². The number of fused-ring (bicyclic) bond motifs is 2. The SMILES string of the molecule is CC1(C)CCCN(CC(=O)N2CCNC(=O)C2)Cc2cccnc2Oc2ccccc2OC1. The predicted octanol–water partition coefficient (Wildman–Crippen LogP) is 2.83. The molecule has 3 heterocycles. The fourth-order valence-electron chi connectivity index (χ4n) is 4.12. The molecule has 0 spiro atoms. The first-order valence-electron chi connectivity index (χ1n) is 11.5. The van der Waals surface area contributed by atoms with Gasteiger partial charge in [-0.25, -0.2) is 4.98 Å². The van der Waals surface area contributed by atoms with Crippen molar-refractivity contribution in [1.82, 2.24) is 20.1 Å². The number of benzene rings is 1. The van der Waals surface area contributed by atoms with E-state index in [0.29, 0.717) is 43.6 Å². The fraction of sp³-hybridized carbons (Fsp3) is 0.480. The number of rotatable bonds is 2. The lowest BCUT2D eigenvalue weighted by molar-refractivity contribution is -0.139. The van der Waals surface area contributed by atoms with E-state index in [1.54, 1.807) is 11.1 Å². The number of carbonyl (C=O) groups is 2. The van der Waals surface area contributed by atoms with Crippen molar-refractivity contribution in [3.05, 3.63) is 48.2 Å². The largest absolute Gasteiger partial charge is 0.489 e. The highest BCUT2D eigenvalue weighted by Crippen LogP contribution is 2.34. The lowest BCUT2D eigenvalue weighted by Crippen LogP contribution is -2.52. The van der Waals surface area contributed by atoms with E-state index in [4.69, 9.17) is 9.47 Å². The zero-order valence-electron chi connectivity index (χ0n) is 19.4. The molecule has 1 fully saturated rings. The number of ether oxygens (including phenoxy) is 2. The molecular formula is C25H32N4O4. The van der Waals surface area contributed by atoms with Crippen molar-refractivity contribution in [2.45, 2.75) is 33.2 Å². The Morgan fingerprint density at radius 2 is 1.94 bits per heavy atom. The van der Waals surface area contributed by atoms with Gasteiger partial charge in [0, 0.05) is 31.4 Å². The van der Waals surface area contributed by atoms with Gasteiger partial charge in [0.2, 0.25) is 17.7 Å². The molecule has 1 N–H and O–H groups in total. The maximum atomic E-state index is 13.0. The average Bonchev–Trinajstić information content (AvgIpc) is 2.80. The van der Waals surface area contributed by atoms with Crippen molar-refractivity contribution >= 4 is 11.8 Å². The molecule has 1 saturated heterocycles. The van der Waals surface area contributed by atoms with Crippen LogP contribution >= 0.6 is 0 Å². The highest BCUT2D eigenvalue weighted by Gasteiger charge is 2.26. The van der Waals surface area contributed by atoms with Crippen LogP contribution in [0.4, 0.5) is 0 Å². The second kappa shape index (κ2) is 10.2. The molecule has 0 saturated carbocycles. The molecule has 2 aliphatic rings. The van der Waals surface area contributed by atoms with E-state index in [1.807, 2.05) is 36.4 Å². The number of nitrogens with zero attached hydrogens (tertiary/aromatic N) is 3. The Hall–Kier alpha value is -3.13. The minimum absolute atomic E-state index is 0.0338. The van der Waals surface area contributed by atoms with Gasteiger partial charge < -0.3 is 19.7 Å². The van der Waals surface area contributed by atoms with Crippen molar-refractivity contribution in [3.63, 3.8) is 0 Å². The van der Waals surface area contributed by atoms with Crippen molar-refractivity contribution in [2.75, 3.05) is 39.3 Å². The van der Waals surface area contributed by atoms with Crippen molar-refractivity contribution < 1.29 is 19.1 Å². The standard InChI is InChI=1S/C25H32N4O4/c1-25(2)10-6-13-28(17-23(31)29-14-12-26-22(30)16-29)15-19-7-5-11-27-24(19)33-21-9-4-3-8-20(21)32-18-25/h3-5,7-9,11H,6,10,12-18H2,1-2H3,(H,26,30). The zero-order valence-corrected chi connectivity index (χ0v) is 19.4. The summed E-state index contributed by atoms with van der Waals surface area (Å²) in [5, 5.41) is 2.77. The summed E-state index contributed by atoms with van der Waals surface area (Å²) in [6.07, 6.45) is 3.57. The average molecular weight is 453 g/mol. The van der Waals surface area contributed by atoms with Gasteiger partial charge in [0.15, 0.2) is 11.5 Å². The smallest absolute Gasteiger partial charge is 0.239 e. The Kier molecular flexibility index (Phi) is 7.13. The molecule has 1 aromatic carbocycles. The number of hydrogen-bond donors (Lipinski definition) is 1. The van der Waals surface area contributed by atoms with Gasteiger partial charge in [-0.3, -0.25) is 14.5 Å². The fourth-order valence-corrected chi connectivity index (χ4v) is 4.12. The zero-order chi connectivity index (χ0) is 23.3. The summed E-state index contributed by atoms with van der Waals surface area (Å²) in [7, 11) is 0. The summed E-state index contributed by atoms with van der Waals surface area (Å²) in [5.41, 5.74) is 0.863. The van der Waals surface area contributed by atoms with Crippen LogP contribution in [0.25, 0.3) is 0 Å². The molecular weight excluding hydrogens is 420 g/mol. The molecule has 176 valence electrons. The van der Waals surface area contributed by atoms with Gasteiger partial charge in [0.25, 0.3) is 0 Å². The molecule has 0 atom stereocenters. The van der Waals surface area contributed by atoms with Crippen LogP contribution in [0.15, 0.2) is 42.6 Å². The van der Waals surface area contributed by atoms with Gasteiger partial charge in [-0.15, -0.1) is 0 Å². The lowest BCUT2D eigenvalue weighted by Gasteiger charge is -2.30. The van der Waals surface area contributed by atoms with Crippen LogP contribution in [0.2, 0.25) is 0 Å². The van der Waals surface area contributed by atoms with Crippen LogP contribution in [0.1, 0.15) is 32.3 Å². The molecule has 8 nitrogen and oxygen atoms in total. The number of carbonyl (C=O) groups excluding carboxylic acids is 2. The van der Waals surface area contributed by atoms with Crippen molar-refractivity contribution in [1.29, 1.82) is 0 Å². The monoisotopic (exact) mass is 452 g/mol. The number of para-hydroxylation sites is 2. The molecule has 0 radical (unpaired) electrons. The molecule has 0 bridgehead atoms. The minimum atomic E-state index is -0.108. The Morgan fingerprint density at radius 3 is 2.76 bits per heavy atom. The Balaban J connectivity index is 1.58. The molecule has 8 heteroatoms. The van der Waals surface area contributed by atoms with Crippen molar-refractivity contribution in [3.8, 4) is 17.4 Å². The summed E-state index contributed by atoms with van der Waals surface area (Å²) in [6.45, 7) is 7.62. The van der Waals surface area contributed by atoms with E-state index < -0.39 is 0 Å². The molecule has 2 aromatic rings. The van der Waals surface area contributed by atoms with Crippen LogP contribution in [-0.2, 0) is 16.1 Å². The third-order valence-corrected chi connectivity index (χ3v) is 6.00. The van der Waals surface area contributed by atoms with Crippen LogP contribution in [0.3, 0.4) is 0 Å². The van der Waals surface area contributed by atoms with Gasteiger partial charge in [-0.05, 0) is 43.0 Å². The summed E-state index contributed by atoms with van der Waals surface area (Å²) in [4.78, 5) is 32.9. The molecule has 2 aliphatic heterocycles. The van der Waals surface area contributed by atoms with Gasteiger partial charge in [0.1, 0.15) is 0 Å². The summed E-state index contributed by atoms with van der Waals surface area (Å²) < 4.78 is 12.3. The molecule has 0 unspecified atom stereocenters. The predicted molar refractivity (Wildman–Crippen MR) is 124 cm³/mol. The molecule has 0 aliphatic carbocycles. The van der Waals surface area contributed by atoms with E-state index in [0.717, 1.165) is 24.9 Å². The molecule has 4 rings (SSSR count). The molecule has 1 aromatic heterocycles. The van der Waals surface area contributed by atoms with Crippen LogP contribution in [0.5, 0.6) is 17.4 Å². The highest BCUT2D eigenvalue weighted by molar-refractivity contribution is 5.86. The number of pyridine rings is 1. The Bertz CT molecular complexity index is 994. The quantitative estimate of drug-likeness (QED) is 0.754. The molecule has 2 amide bonds. The Morgan fingerprint density at radius 1 is 1.12 bits per heavy atom. The first-order valence-corrected chi connectivity index (χ1v) is 11.5. The van der Waals surface area contributed by atoms with E-state index in [9.17, 15) is 9.59 Å². The first kappa shape index (κ1) is 23.0. The van der Waals surface area contributed by atoms with E-state index >= 15 is 0 Å². The number of amides is 2. The number of hydrogen-bond acceptors (Lipinski definition) is 6. The second-order valence-electron chi connectivity index (χ2n) is 9.45. The summed E-state index contributed by atoms with van der Waals surface area (Å²) in [6, 6.07) is 11.5. The Labute approximate surface area is 194 Å². The summed E-state index contributed by atoms with van der Waals surface area (Å²) in [5.74, 6) is 1.67. The van der Waals surface area contributed by atoms with E-state index in [2.05, 4.69) is 29.0 Å².